The maximum atomic E-state index is 9.73. The van der Waals surface area contributed by atoms with Gasteiger partial charge in [0.2, 0.25) is 17.4 Å². The molecular weight excluding hydrogens is 374 g/mol. The predicted octanol–water partition coefficient (Wildman–Crippen LogP) is 2.82. The first-order chi connectivity index (χ1) is 14.5. The lowest BCUT2D eigenvalue weighted by Crippen LogP contribution is -2.50. The zero-order valence-electron chi connectivity index (χ0n) is 17.5. The molecular formula is C23H24N7+. The first-order valence-corrected chi connectivity index (χ1v) is 10.2. The molecule has 0 amide bonds. The number of piperazine rings is 1. The minimum absolute atomic E-state index is 0.692. The van der Waals surface area contributed by atoms with Crippen molar-refractivity contribution >= 4 is 28.4 Å². The number of para-hydroxylation sites is 2. The summed E-state index contributed by atoms with van der Waals surface area (Å²) < 4.78 is 2.18. The number of aryl methyl sites for hydroxylation is 3. The fourth-order valence-electron chi connectivity index (χ4n) is 4.37. The molecule has 0 unspecified atom stereocenters. The smallest absolute Gasteiger partial charge is 0.250 e. The highest BCUT2D eigenvalue weighted by molar-refractivity contribution is 5.77. The summed E-state index contributed by atoms with van der Waals surface area (Å²) in [6.45, 7) is 9.47. The number of benzene rings is 1. The van der Waals surface area contributed by atoms with Crippen molar-refractivity contribution in [1.29, 1.82) is 5.26 Å². The van der Waals surface area contributed by atoms with Crippen LogP contribution in [0.5, 0.6) is 0 Å². The van der Waals surface area contributed by atoms with Crippen LogP contribution in [0.2, 0.25) is 0 Å². The number of rotatable bonds is 2. The number of nitrogens with one attached hydrogen (secondary N) is 1. The Morgan fingerprint density at radius 1 is 0.967 bits per heavy atom. The Morgan fingerprint density at radius 3 is 2.33 bits per heavy atom. The van der Waals surface area contributed by atoms with Crippen LogP contribution in [-0.4, -0.2) is 41.1 Å². The van der Waals surface area contributed by atoms with E-state index in [2.05, 4.69) is 53.4 Å². The number of aromatic nitrogens is 4. The van der Waals surface area contributed by atoms with Gasteiger partial charge in [-0.1, -0.05) is 12.1 Å². The van der Waals surface area contributed by atoms with Crippen molar-refractivity contribution in [2.45, 2.75) is 20.8 Å². The molecule has 0 atom stereocenters. The summed E-state index contributed by atoms with van der Waals surface area (Å²) in [6.07, 6.45) is 0. The summed E-state index contributed by atoms with van der Waals surface area (Å²) >= 11 is 0. The number of nitriles is 1. The van der Waals surface area contributed by atoms with Crippen LogP contribution in [0.4, 0.5) is 11.8 Å². The average Bonchev–Trinajstić information content (AvgIpc) is 3.12. The number of pyridine rings is 1. The van der Waals surface area contributed by atoms with E-state index in [4.69, 9.17) is 0 Å². The topological polar surface area (TPSA) is 75.9 Å². The van der Waals surface area contributed by atoms with E-state index in [9.17, 15) is 5.26 Å². The zero-order valence-corrected chi connectivity index (χ0v) is 17.5. The number of hydrogen-bond acceptors (Lipinski definition) is 5. The van der Waals surface area contributed by atoms with Gasteiger partial charge in [0.1, 0.15) is 22.7 Å². The molecule has 1 aromatic carbocycles. The van der Waals surface area contributed by atoms with Crippen LogP contribution >= 0.6 is 0 Å². The number of nitrogens with zero attached hydrogens (tertiary/aromatic N) is 6. The summed E-state index contributed by atoms with van der Waals surface area (Å²) in [4.78, 5) is 17.3. The largest absolute Gasteiger partial charge is 0.334 e. The molecule has 0 aliphatic carbocycles. The van der Waals surface area contributed by atoms with Gasteiger partial charge in [0.15, 0.2) is 0 Å². The van der Waals surface area contributed by atoms with Crippen LogP contribution in [0, 0.1) is 32.1 Å². The fraction of sp³-hybridized carbons (Fsp3) is 0.304. The Kier molecular flexibility index (Phi) is 4.28. The molecule has 1 fully saturated rings. The molecule has 0 spiro atoms. The van der Waals surface area contributed by atoms with E-state index in [1.165, 1.54) is 0 Å². The van der Waals surface area contributed by atoms with Gasteiger partial charge in [0, 0.05) is 17.5 Å². The normalized spacial score (nSPS) is 14.5. The highest BCUT2D eigenvalue weighted by Crippen LogP contribution is 2.24. The van der Waals surface area contributed by atoms with Crippen molar-refractivity contribution in [1.82, 2.24) is 15.0 Å². The van der Waals surface area contributed by atoms with Gasteiger partial charge >= 0.3 is 0 Å². The number of anilines is 2. The maximum Gasteiger partial charge on any atom is 0.250 e. The first-order valence-electron chi connectivity index (χ1n) is 10.2. The molecule has 1 aliphatic rings. The summed E-state index contributed by atoms with van der Waals surface area (Å²) in [5.41, 5.74) is 6.64. The van der Waals surface area contributed by atoms with Gasteiger partial charge in [-0.05, 0) is 44.5 Å². The van der Waals surface area contributed by atoms with Gasteiger partial charge in [-0.2, -0.15) is 9.66 Å². The molecule has 1 aliphatic heterocycles. The molecule has 0 radical (unpaired) electrons. The molecule has 7 heteroatoms. The molecule has 0 bridgehead atoms. The summed E-state index contributed by atoms with van der Waals surface area (Å²) in [5.74, 6) is 1.92. The van der Waals surface area contributed by atoms with Crippen LogP contribution < -0.4 is 14.2 Å². The van der Waals surface area contributed by atoms with E-state index in [-0.39, 0.29) is 0 Å². The molecule has 7 nitrogen and oxygen atoms in total. The molecule has 3 aromatic heterocycles. The molecule has 0 saturated carbocycles. The minimum Gasteiger partial charge on any atom is -0.334 e. The molecule has 4 aromatic rings. The third-order valence-electron chi connectivity index (χ3n) is 5.80. The minimum atomic E-state index is 0.692. The van der Waals surface area contributed by atoms with Crippen LogP contribution in [0.3, 0.4) is 0 Å². The molecule has 1 saturated heterocycles. The van der Waals surface area contributed by atoms with E-state index < -0.39 is 0 Å². The average molecular weight is 398 g/mol. The third-order valence-corrected chi connectivity index (χ3v) is 5.80. The Balaban J connectivity index is 1.54. The molecule has 150 valence electrons. The van der Waals surface area contributed by atoms with Crippen molar-refractivity contribution in [2.24, 2.45) is 0 Å². The van der Waals surface area contributed by atoms with E-state index >= 15 is 0 Å². The second kappa shape index (κ2) is 6.99. The van der Waals surface area contributed by atoms with Crippen molar-refractivity contribution < 1.29 is 4.40 Å². The third kappa shape index (κ3) is 2.92. The Labute approximate surface area is 175 Å². The Hall–Kier alpha value is -3.66. The van der Waals surface area contributed by atoms with Gasteiger partial charge in [0.05, 0.1) is 26.2 Å². The second-order valence-corrected chi connectivity index (χ2v) is 7.92. The van der Waals surface area contributed by atoms with Crippen molar-refractivity contribution in [2.75, 3.05) is 36.0 Å². The Morgan fingerprint density at radius 2 is 1.63 bits per heavy atom. The van der Waals surface area contributed by atoms with Crippen molar-refractivity contribution in [3.8, 4) is 6.07 Å². The van der Waals surface area contributed by atoms with E-state index in [1.807, 2.05) is 39.0 Å². The molecule has 30 heavy (non-hydrogen) atoms. The lowest BCUT2D eigenvalue weighted by atomic mass is 10.1. The number of H-pyrrole nitrogens is 1. The van der Waals surface area contributed by atoms with E-state index in [0.717, 1.165) is 71.6 Å². The zero-order chi connectivity index (χ0) is 20.8. The van der Waals surface area contributed by atoms with Crippen LogP contribution in [0.1, 0.15) is 22.5 Å². The second-order valence-electron chi connectivity index (χ2n) is 7.92. The highest BCUT2D eigenvalue weighted by Gasteiger charge is 2.28. The summed E-state index contributed by atoms with van der Waals surface area (Å²) in [5, 5.41) is 9.73. The molecule has 1 N–H and O–H groups in total. The first kappa shape index (κ1) is 18.4. The van der Waals surface area contributed by atoms with Crippen molar-refractivity contribution in [3.63, 3.8) is 0 Å². The molecule has 4 heterocycles. The lowest BCUT2D eigenvalue weighted by molar-refractivity contribution is -0.467. The monoisotopic (exact) mass is 398 g/mol. The van der Waals surface area contributed by atoms with E-state index in [1.54, 1.807) is 0 Å². The fourth-order valence-corrected chi connectivity index (χ4v) is 4.37. The lowest BCUT2D eigenvalue weighted by Gasteiger charge is -2.33. The van der Waals surface area contributed by atoms with Gasteiger partial charge < -0.3 is 4.90 Å². The number of hydrogen-bond donors (Lipinski definition) is 1. The highest BCUT2D eigenvalue weighted by atomic mass is 15.3. The van der Waals surface area contributed by atoms with Gasteiger partial charge in [-0.15, -0.1) is 0 Å². The van der Waals surface area contributed by atoms with E-state index in [0.29, 0.717) is 5.56 Å². The number of imidazole rings is 1. The van der Waals surface area contributed by atoms with Gasteiger partial charge in [0.25, 0.3) is 0 Å². The molecule has 5 rings (SSSR count). The standard InChI is InChI=1S/C23H23N7/c1-15-12-21(30-20-7-5-4-6-19(20)27-22(30)18(15)14-24)28-8-10-29(11-9-28)23-25-16(2)13-17(3)26-23/h4-7,12-13H,8-11H2,1-3H3/p+1. The van der Waals surface area contributed by atoms with Crippen LogP contribution in [0.25, 0.3) is 16.7 Å². The summed E-state index contributed by atoms with van der Waals surface area (Å²) in [6, 6.07) is 14.7. The number of aromatic amines is 1. The van der Waals surface area contributed by atoms with Gasteiger partial charge in [-0.3, -0.25) is 9.88 Å². The van der Waals surface area contributed by atoms with Crippen LogP contribution in [-0.2, 0) is 0 Å². The summed E-state index contributed by atoms with van der Waals surface area (Å²) in [7, 11) is 0. The maximum absolute atomic E-state index is 9.73. The van der Waals surface area contributed by atoms with Crippen molar-refractivity contribution in [3.05, 3.63) is 58.9 Å². The SMILES string of the molecule is Cc1cc(C)nc(N2CCN(c3cc(C)c(C#N)c4[nH]c5ccccc5[n+]34)CC2)n1. The van der Waals surface area contributed by atoms with Crippen LogP contribution in [0.15, 0.2) is 36.4 Å². The number of fused-ring (bicyclic) bond motifs is 3. The predicted molar refractivity (Wildman–Crippen MR) is 117 cm³/mol. The quantitative estimate of drug-likeness (QED) is 0.526. The van der Waals surface area contributed by atoms with Gasteiger partial charge in [-0.25, -0.2) is 9.97 Å². The Bertz CT molecular complexity index is 1290.